The molecule has 0 saturated carbocycles. The van der Waals surface area contributed by atoms with Crippen molar-refractivity contribution in [2.24, 2.45) is 11.3 Å². The Morgan fingerprint density at radius 1 is 1.33 bits per heavy atom. The van der Waals surface area contributed by atoms with E-state index < -0.39 is 5.91 Å². The van der Waals surface area contributed by atoms with E-state index >= 15 is 0 Å². The number of ether oxygens (including phenoxy) is 1. The van der Waals surface area contributed by atoms with E-state index in [1.807, 2.05) is 0 Å². The Bertz CT molecular complexity index is 1250. The zero-order valence-corrected chi connectivity index (χ0v) is 20.8. The van der Waals surface area contributed by atoms with Crippen molar-refractivity contribution in [3.05, 3.63) is 31.9 Å². The van der Waals surface area contributed by atoms with Crippen LogP contribution in [0, 0.1) is 11.3 Å². The Kier molecular flexibility index (Phi) is 6.62. The first-order valence-electron chi connectivity index (χ1n) is 10.9. The Labute approximate surface area is 199 Å². The zero-order chi connectivity index (χ0) is 23.8. The third kappa shape index (κ3) is 5.14. The molecule has 3 aromatic rings. The normalized spacial score (nSPS) is 15.9. The van der Waals surface area contributed by atoms with Crippen LogP contribution in [0.3, 0.4) is 0 Å². The van der Waals surface area contributed by atoms with Gasteiger partial charge in [0.1, 0.15) is 6.54 Å². The topological polar surface area (TPSA) is 116 Å². The first kappa shape index (κ1) is 23.5. The number of nitrogens with one attached hydrogen (secondary N) is 1. The molecule has 1 aliphatic carbocycles. The number of carbonyl (C=O) groups is 2. The van der Waals surface area contributed by atoms with E-state index in [4.69, 9.17) is 4.74 Å². The van der Waals surface area contributed by atoms with Crippen LogP contribution in [0.1, 0.15) is 50.3 Å². The summed E-state index contributed by atoms with van der Waals surface area (Å²) in [7, 11) is 0. The summed E-state index contributed by atoms with van der Waals surface area (Å²) in [5.74, 6) is -0.241. The van der Waals surface area contributed by atoms with Crippen LogP contribution in [0.25, 0.3) is 10.2 Å². The van der Waals surface area contributed by atoms with Gasteiger partial charge >= 0.3 is 5.97 Å². The number of esters is 1. The molecule has 0 saturated heterocycles. The third-order valence-electron chi connectivity index (χ3n) is 5.89. The van der Waals surface area contributed by atoms with Crippen molar-refractivity contribution in [2.45, 2.75) is 59.9 Å². The predicted octanol–water partition coefficient (Wildman–Crippen LogP) is 3.20. The fourth-order valence-electron chi connectivity index (χ4n) is 4.07. The third-order valence-corrected chi connectivity index (χ3v) is 7.83. The van der Waals surface area contributed by atoms with Crippen LogP contribution in [0.15, 0.2) is 10.2 Å². The molecule has 4 rings (SSSR count). The average molecular weight is 490 g/mol. The van der Waals surface area contributed by atoms with Crippen LogP contribution >= 0.6 is 22.7 Å². The number of anilines is 1. The summed E-state index contributed by atoms with van der Waals surface area (Å²) < 4.78 is 6.01. The average Bonchev–Trinajstić information content (AvgIpc) is 3.33. The molecule has 1 aliphatic rings. The molecule has 1 N–H and O–H groups in total. The van der Waals surface area contributed by atoms with Crippen molar-refractivity contribution < 1.29 is 14.3 Å². The maximum atomic E-state index is 13.1. The molecule has 0 aliphatic heterocycles. The summed E-state index contributed by atoms with van der Waals surface area (Å²) in [6.07, 6.45) is 2.86. The molecule has 1 unspecified atom stereocenters. The predicted molar refractivity (Wildman–Crippen MR) is 128 cm³/mol. The SMILES string of the molecule is CCOC(=O)Cc1csc(NC(=O)Cn2nnc3sc4c(c3c2=O)CCC(C(C)(C)C)C4)n1. The van der Waals surface area contributed by atoms with E-state index in [1.165, 1.54) is 16.2 Å². The molecule has 1 atom stereocenters. The number of thiazole rings is 1. The van der Waals surface area contributed by atoms with Gasteiger partial charge in [-0.15, -0.1) is 27.8 Å². The summed E-state index contributed by atoms with van der Waals surface area (Å²) in [6, 6.07) is 0. The summed E-state index contributed by atoms with van der Waals surface area (Å²) in [5, 5.41) is 13.5. The molecular formula is C22H27N5O4S2. The van der Waals surface area contributed by atoms with Crippen LogP contribution in [0.5, 0.6) is 0 Å². The van der Waals surface area contributed by atoms with Gasteiger partial charge in [-0.1, -0.05) is 26.0 Å². The van der Waals surface area contributed by atoms with E-state index in [-0.39, 0.29) is 29.9 Å². The van der Waals surface area contributed by atoms with Gasteiger partial charge in [-0.2, -0.15) is 0 Å². The molecule has 11 heteroatoms. The van der Waals surface area contributed by atoms with Crippen LogP contribution in [0.2, 0.25) is 0 Å². The van der Waals surface area contributed by atoms with Gasteiger partial charge in [0, 0.05) is 10.3 Å². The number of aromatic nitrogens is 4. The molecule has 176 valence electrons. The van der Waals surface area contributed by atoms with Gasteiger partial charge < -0.3 is 10.1 Å². The molecule has 0 radical (unpaired) electrons. The van der Waals surface area contributed by atoms with Gasteiger partial charge in [-0.05, 0) is 43.1 Å². The highest BCUT2D eigenvalue weighted by Crippen LogP contribution is 2.41. The van der Waals surface area contributed by atoms with Gasteiger partial charge in [0.15, 0.2) is 9.96 Å². The number of hydrogen-bond acceptors (Lipinski definition) is 9. The van der Waals surface area contributed by atoms with Crippen LogP contribution in [-0.2, 0) is 40.1 Å². The minimum Gasteiger partial charge on any atom is -0.466 e. The lowest BCUT2D eigenvalue weighted by Crippen LogP contribution is -2.31. The van der Waals surface area contributed by atoms with E-state index in [2.05, 4.69) is 41.4 Å². The molecule has 3 heterocycles. The fraction of sp³-hybridized carbons (Fsp3) is 0.545. The van der Waals surface area contributed by atoms with Gasteiger partial charge in [0.05, 0.1) is 24.1 Å². The number of aryl methyl sites for hydroxylation is 1. The van der Waals surface area contributed by atoms with Crippen LogP contribution in [0.4, 0.5) is 5.13 Å². The largest absolute Gasteiger partial charge is 0.466 e. The molecule has 3 aromatic heterocycles. The highest BCUT2D eigenvalue weighted by molar-refractivity contribution is 7.18. The minimum absolute atomic E-state index is 0.0428. The molecule has 0 fully saturated rings. The summed E-state index contributed by atoms with van der Waals surface area (Å²) >= 11 is 2.75. The lowest BCUT2D eigenvalue weighted by atomic mass is 9.72. The minimum atomic E-state index is -0.431. The van der Waals surface area contributed by atoms with Crippen molar-refractivity contribution in [1.82, 2.24) is 20.0 Å². The Morgan fingerprint density at radius 3 is 2.85 bits per heavy atom. The van der Waals surface area contributed by atoms with Gasteiger partial charge in [0.2, 0.25) is 5.91 Å². The van der Waals surface area contributed by atoms with Crippen molar-refractivity contribution in [3.63, 3.8) is 0 Å². The van der Waals surface area contributed by atoms with Crippen molar-refractivity contribution >= 4 is 49.9 Å². The van der Waals surface area contributed by atoms with Crippen LogP contribution in [-0.4, -0.2) is 38.5 Å². The standard InChI is InChI=1S/C22H27N5O4S2/c1-5-31-17(29)9-13-11-32-21(23-13)24-16(28)10-27-20(30)18-14-7-6-12(22(2,3)4)8-15(14)33-19(18)25-26-27/h11-12H,5-10H2,1-4H3,(H,23,24,28). The smallest absolute Gasteiger partial charge is 0.311 e. The molecular weight excluding hydrogens is 462 g/mol. The molecule has 1 amide bonds. The molecule has 9 nitrogen and oxygen atoms in total. The first-order valence-corrected chi connectivity index (χ1v) is 12.6. The number of fused-ring (bicyclic) bond motifs is 3. The molecule has 0 spiro atoms. The number of carbonyl (C=O) groups excluding carboxylic acids is 2. The molecule has 0 aromatic carbocycles. The van der Waals surface area contributed by atoms with E-state index in [0.29, 0.717) is 33.6 Å². The fourth-order valence-corrected chi connectivity index (χ4v) is 6.03. The summed E-state index contributed by atoms with van der Waals surface area (Å²) in [5.41, 5.74) is 1.51. The second-order valence-corrected chi connectivity index (χ2v) is 11.2. The Hall–Kier alpha value is -2.66. The Balaban J connectivity index is 1.48. The van der Waals surface area contributed by atoms with Gasteiger partial charge in [-0.25, -0.2) is 9.67 Å². The maximum absolute atomic E-state index is 13.1. The summed E-state index contributed by atoms with van der Waals surface area (Å²) in [4.78, 5) is 43.3. The van der Waals surface area contributed by atoms with Crippen molar-refractivity contribution in [1.29, 1.82) is 0 Å². The Morgan fingerprint density at radius 2 is 2.12 bits per heavy atom. The number of amides is 1. The van der Waals surface area contributed by atoms with Crippen molar-refractivity contribution in [2.75, 3.05) is 11.9 Å². The van der Waals surface area contributed by atoms with E-state index in [0.717, 1.165) is 29.5 Å². The van der Waals surface area contributed by atoms with Gasteiger partial charge in [0.25, 0.3) is 5.56 Å². The quantitative estimate of drug-likeness (QED) is 0.529. The lowest BCUT2D eigenvalue weighted by Gasteiger charge is -2.33. The zero-order valence-electron chi connectivity index (χ0n) is 19.1. The second kappa shape index (κ2) is 9.30. The van der Waals surface area contributed by atoms with Crippen molar-refractivity contribution in [3.8, 4) is 0 Å². The molecule has 0 bridgehead atoms. The monoisotopic (exact) mass is 489 g/mol. The highest BCUT2D eigenvalue weighted by Gasteiger charge is 2.32. The second-order valence-electron chi connectivity index (χ2n) is 9.22. The van der Waals surface area contributed by atoms with Gasteiger partial charge in [-0.3, -0.25) is 14.4 Å². The van der Waals surface area contributed by atoms with E-state index in [1.54, 1.807) is 23.6 Å². The molecule has 33 heavy (non-hydrogen) atoms. The highest BCUT2D eigenvalue weighted by atomic mass is 32.1. The number of nitrogens with zero attached hydrogens (tertiary/aromatic N) is 4. The number of hydrogen-bond donors (Lipinski definition) is 1. The van der Waals surface area contributed by atoms with Crippen LogP contribution < -0.4 is 10.9 Å². The lowest BCUT2D eigenvalue weighted by molar-refractivity contribution is -0.142. The van der Waals surface area contributed by atoms with E-state index in [9.17, 15) is 14.4 Å². The summed E-state index contributed by atoms with van der Waals surface area (Å²) in [6.45, 7) is 8.54. The number of rotatable bonds is 6. The maximum Gasteiger partial charge on any atom is 0.311 e. The first-order chi connectivity index (χ1) is 15.7. The number of thiophene rings is 1.